The minimum absolute atomic E-state index is 0.0343. The molecule has 0 unspecified atom stereocenters. The molecule has 0 bridgehead atoms. The molecule has 1 amide bonds. The molecule has 0 N–H and O–H groups in total. The summed E-state index contributed by atoms with van der Waals surface area (Å²) < 4.78 is 15.8. The summed E-state index contributed by atoms with van der Waals surface area (Å²) in [6.45, 7) is 0.600. The van der Waals surface area contributed by atoms with Crippen molar-refractivity contribution in [3.63, 3.8) is 0 Å². The van der Waals surface area contributed by atoms with Gasteiger partial charge in [-0.15, -0.1) is 0 Å². The molecule has 3 aromatic rings. The Balaban J connectivity index is 1.60. The Hall–Kier alpha value is -2.87. The quantitative estimate of drug-likeness (QED) is 0.589. The fourth-order valence-electron chi connectivity index (χ4n) is 2.60. The number of carbonyl (C=O) groups excluding carboxylic acids is 1. The number of nitrogens with zero attached hydrogens (tertiary/aromatic N) is 3. The van der Waals surface area contributed by atoms with Crippen molar-refractivity contribution in [2.75, 3.05) is 21.3 Å². The average molecular weight is 387 g/mol. The van der Waals surface area contributed by atoms with Crippen LogP contribution in [-0.4, -0.2) is 42.2 Å². The second kappa shape index (κ2) is 8.68. The molecule has 0 fully saturated rings. The van der Waals surface area contributed by atoms with Gasteiger partial charge in [-0.05, 0) is 40.6 Å². The van der Waals surface area contributed by atoms with E-state index in [4.69, 9.17) is 14.0 Å². The van der Waals surface area contributed by atoms with Gasteiger partial charge in [0.15, 0.2) is 11.5 Å². The Morgan fingerprint density at radius 2 is 2.04 bits per heavy atom. The van der Waals surface area contributed by atoms with Gasteiger partial charge < -0.3 is 18.9 Å². The second-order valence-corrected chi connectivity index (χ2v) is 6.74. The lowest BCUT2D eigenvalue weighted by molar-refractivity contribution is -0.130. The summed E-state index contributed by atoms with van der Waals surface area (Å²) in [5.41, 5.74) is 1.88. The van der Waals surface area contributed by atoms with Gasteiger partial charge in [-0.2, -0.15) is 16.3 Å². The predicted octanol–water partition coefficient (Wildman–Crippen LogP) is 3.41. The van der Waals surface area contributed by atoms with Crippen LogP contribution < -0.4 is 9.47 Å². The van der Waals surface area contributed by atoms with Crippen LogP contribution in [0.3, 0.4) is 0 Å². The minimum Gasteiger partial charge on any atom is -0.493 e. The minimum atomic E-state index is 0.0343. The Morgan fingerprint density at radius 3 is 2.74 bits per heavy atom. The Kier molecular flexibility index (Phi) is 6.08. The molecule has 0 radical (unpaired) electrons. The van der Waals surface area contributed by atoms with Gasteiger partial charge in [0.25, 0.3) is 0 Å². The van der Waals surface area contributed by atoms with E-state index in [9.17, 15) is 4.79 Å². The summed E-state index contributed by atoms with van der Waals surface area (Å²) in [5, 5.41) is 8.04. The Labute approximate surface area is 161 Å². The zero-order valence-electron chi connectivity index (χ0n) is 15.5. The molecule has 142 valence electrons. The molecule has 7 nitrogen and oxygen atoms in total. The first-order chi connectivity index (χ1) is 13.1. The number of rotatable bonds is 8. The van der Waals surface area contributed by atoms with E-state index < -0.39 is 0 Å². The molecule has 0 saturated heterocycles. The van der Waals surface area contributed by atoms with Crippen molar-refractivity contribution in [3.05, 3.63) is 46.5 Å². The third-order valence-corrected chi connectivity index (χ3v) is 4.82. The van der Waals surface area contributed by atoms with Gasteiger partial charge in [-0.1, -0.05) is 5.16 Å². The van der Waals surface area contributed by atoms with Crippen molar-refractivity contribution in [1.82, 2.24) is 15.0 Å². The topological polar surface area (TPSA) is 77.7 Å². The first-order valence-electron chi connectivity index (χ1n) is 8.40. The summed E-state index contributed by atoms with van der Waals surface area (Å²) >= 11 is 1.62. The number of ether oxygens (including phenoxy) is 2. The van der Waals surface area contributed by atoms with Crippen LogP contribution in [0.5, 0.6) is 11.5 Å². The molecule has 0 spiro atoms. The van der Waals surface area contributed by atoms with Gasteiger partial charge in [-0.3, -0.25) is 4.79 Å². The molecule has 3 rings (SSSR count). The van der Waals surface area contributed by atoms with Crippen LogP contribution >= 0.6 is 11.3 Å². The van der Waals surface area contributed by atoms with Gasteiger partial charge in [0.2, 0.25) is 17.6 Å². The molecular formula is C19H21N3O4S. The zero-order chi connectivity index (χ0) is 19.2. The Morgan fingerprint density at radius 1 is 1.22 bits per heavy atom. The highest BCUT2D eigenvalue weighted by molar-refractivity contribution is 7.07. The van der Waals surface area contributed by atoms with E-state index in [2.05, 4.69) is 10.1 Å². The fraction of sp³-hybridized carbons (Fsp3) is 0.316. The van der Waals surface area contributed by atoms with Gasteiger partial charge in [-0.25, -0.2) is 0 Å². The Bertz CT molecular complexity index is 892. The molecular weight excluding hydrogens is 366 g/mol. The van der Waals surface area contributed by atoms with E-state index in [1.165, 1.54) is 0 Å². The van der Waals surface area contributed by atoms with E-state index >= 15 is 0 Å². The number of aryl methyl sites for hydroxylation is 1. The summed E-state index contributed by atoms with van der Waals surface area (Å²) in [7, 11) is 4.95. The molecule has 1 aromatic carbocycles. The van der Waals surface area contributed by atoms with Crippen molar-refractivity contribution < 1.29 is 18.8 Å². The van der Waals surface area contributed by atoms with Gasteiger partial charge in [0.1, 0.15) is 0 Å². The maximum absolute atomic E-state index is 12.3. The third-order valence-electron chi connectivity index (χ3n) is 4.09. The maximum atomic E-state index is 12.3. The lowest BCUT2D eigenvalue weighted by Gasteiger charge is -2.15. The smallest absolute Gasteiger partial charge is 0.227 e. The van der Waals surface area contributed by atoms with Crippen LogP contribution in [0.1, 0.15) is 17.9 Å². The van der Waals surface area contributed by atoms with E-state index in [0.29, 0.717) is 42.6 Å². The molecule has 0 saturated carbocycles. The first kappa shape index (κ1) is 18.9. The lowest BCUT2D eigenvalue weighted by Crippen LogP contribution is -2.26. The average Bonchev–Trinajstić information content (AvgIpc) is 3.37. The van der Waals surface area contributed by atoms with Gasteiger partial charge >= 0.3 is 0 Å². The number of amides is 1. The zero-order valence-corrected chi connectivity index (χ0v) is 16.3. The lowest BCUT2D eigenvalue weighted by atomic mass is 10.2. The largest absolute Gasteiger partial charge is 0.493 e. The summed E-state index contributed by atoms with van der Waals surface area (Å²) in [6.07, 6.45) is 0.710. The standard InChI is InChI=1S/C19H21N3O4S/c1-22(11-13-8-9-27-12-13)18(23)7-6-17-20-19(21-26-17)14-4-5-15(24-2)16(10-14)25-3/h4-5,8-10,12H,6-7,11H2,1-3H3. The number of hydrogen-bond donors (Lipinski definition) is 0. The van der Waals surface area contributed by atoms with E-state index in [0.717, 1.165) is 11.1 Å². The van der Waals surface area contributed by atoms with Crippen LogP contribution in [-0.2, 0) is 17.8 Å². The summed E-state index contributed by atoms with van der Waals surface area (Å²) in [5.74, 6) is 2.13. The molecule has 2 heterocycles. The van der Waals surface area contributed by atoms with Crippen molar-refractivity contribution in [1.29, 1.82) is 0 Å². The van der Waals surface area contributed by atoms with Crippen LogP contribution in [0.25, 0.3) is 11.4 Å². The molecule has 0 aliphatic rings. The molecule has 0 aliphatic heterocycles. The van der Waals surface area contributed by atoms with Crippen molar-refractivity contribution in [2.45, 2.75) is 19.4 Å². The van der Waals surface area contributed by atoms with Crippen molar-refractivity contribution >= 4 is 17.2 Å². The van der Waals surface area contributed by atoms with E-state index in [1.807, 2.05) is 22.9 Å². The number of benzene rings is 1. The highest BCUT2D eigenvalue weighted by Crippen LogP contribution is 2.31. The number of aromatic nitrogens is 2. The molecule has 8 heteroatoms. The predicted molar refractivity (Wildman–Crippen MR) is 102 cm³/mol. The van der Waals surface area contributed by atoms with Crippen LogP contribution in [0.2, 0.25) is 0 Å². The SMILES string of the molecule is COc1ccc(-c2noc(CCC(=O)N(C)Cc3ccsc3)n2)cc1OC. The normalized spacial score (nSPS) is 10.6. The first-order valence-corrected chi connectivity index (χ1v) is 9.35. The maximum Gasteiger partial charge on any atom is 0.227 e. The molecule has 27 heavy (non-hydrogen) atoms. The second-order valence-electron chi connectivity index (χ2n) is 5.96. The summed E-state index contributed by atoms with van der Waals surface area (Å²) in [4.78, 5) is 18.4. The third kappa shape index (κ3) is 4.65. The monoisotopic (exact) mass is 387 g/mol. The van der Waals surface area contributed by atoms with E-state index in [-0.39, 0.29) is 5.91 Å². The van der Waals surface area contributed by atoms with Crippen molar-refractivity contribution in [2.24, 2.45) is 0 Å². The van der Waals surface area contributed by atoms with Crippen molar-refractivity contribution in [3.8, 4) is 22.9 Å². The highest BCUT2D eigenvalue weighted by Gasteiger charge is 2.15. The molecule has 2 aromatic heterocycles. The number of thiophene rings is 1. The van der Waals surface area contributed by atoms with Gasteiger partial charge in [0.05, 0.1) is 14.2 Å². The van der Waals surface area contributed by atoms with E-state index in [1.54, 1.807) is 49.6 Å². The molecule has 0 aliphatic carbocycles. The fourth-order valence-corrected chi connectivity index (χ4v) is 3.26. The number of methoxy groups -OCH3 is 2. The van der Waals surface area contributed by atoms with Crippen LogP contribution in [0.15, 0.2) is 39.5 Å². The number of carbonyl (C=O) groups is 1. The summed E-state index contributed by atoms with van der Waals surface area (Å²) in [6, 6.07) is 7.41. The number of hydrogen-bond acceptors (Lipinski definition) is 7. The van der Waals surface area contributed by atoms with Gasteiger partial charge in [0, 0.05) is 32.0 Å². The van der Waals surface area contributed by atoms with Crippen LogP contribution in [0.4, 0.5) is 0 Å². The van der Waals surface area contributed by atoms with Crippen LogP contribution in [0, 0.1) is 0 Å². The molecule has 0 atom stereocenters. The highest BCUT2D eigenvalue weighted by atomic mass is 32.1.